The molecule has 49 heavy (non-hydrogen) atoms. The summed E-state index contributed by atoms with van der Waals surface area (Å²) in [5.74, 6) is -1.05. The van der Waals surface area contributed by atoms with Gasteiger partial charge in [-0.1, -0.05) is 30.3 Å². The van der Waals surface area contributed by atoms with Gasteiger partial charge in [0.05, 0.1) is 29.7 Å². The number of sulfonamides is 1. The van der Waals surface area contributed by atoms with Crippen molar-refractivity contribution in [3.05, 3.63) is 65.2 Å². The van der Waals surface area contributed by atoms with Crippen molar-refractivity contribution in [1.29, 1.82) is 0 Å². The van der Waals surface area contributed by atoms with Crippen molar-refractivity contribution >= 4 is 22.1 Å². The molecule has 262 valence electrons. The third-order valence-electron chi connectivity index (χ3n) is 11.4. The smallest absolute Gasteiger partial charge is 0.409 e. The third-order valence-corrected chi connectivity index (χ3v) is 12.8. The molecule has 1 amide bonds. The summed E-state index contributed by atoms with van der Waals surface area (Å²) in [6.45, 7) is 4.95. The summed E-state index contributed by atoms with van der Waals surface area (Å²) in [6.07, 6.45) is -1.63. The van der Waals surface area contributed by atoms with Gasteiger partial charge in [-0.25, -0.2) is 22.9 Å². The summed E-state index contributed by atoms with van der Waals surface area (Å²) >= 11 is 0. The number of fused-ring (bicyclic) bond motifs is 4. The SMILES string of the molecule is COC(=O)N1CCC2(CC1)CC(C1c3cccc(c3)S(=O)(=O)Nc3nc(cc(-c4c(C)cccc4C)n3)OC[C@H]1CC1(C(F)(F)F)CC1)C2. The third kappa shape index (κ3) is 6.34. The van der Waals surface area contributed by atoms with E-state index in [1.54, 1.807) is 23.1 Å². The largest absolute Gasteiger partial charge is 0.477 e. The first-order valence-electron chi connectivity index (χ1n) is 16.8. The van der Waals surface area contributed by atoms with Crippen LogP contribution in [0, 0.1) is 36.5 Å². The summed E-state index contributed by atoms with van der Waals surface area (Å²) in [6, 6.07) is 14.0. The first-order chi connectivity index (χ1) is 23.2. The summed E-state index contributed by atoms with van der Waals surface area (Å²) in [4.78, 5) is 22.8. The highest BCUT2D eigenvalue weighted by atomic mass is 32.2. The van der Waals surface area contributed by atoms with Crippen molar-refractivity contribution in [3.63, 3.8) is 0 Å². The highest BCUT2D eigenvalue weighted by Gasteiger charge is 2.64. The Morgan fingerprint density at radius 2 is 1.69 bits per heavy atom. The molecule has 2 aliphatic heterocycles. The lowest BCUT2D eigenvalue weighted by molar-refractivity contribution is -0.194. The summed E-state index contributed by atoms with van der Waals surface area (Å²) < 4.78 is 85.0. The second kappa shape index (κ2) is 12.2. The number of ether oxygens (including phenoxy) is 2. The molecular formula is C36H41F3N4O5S. The number of nitrogens with one attached hydrogen (secondary N) is 1. The minimum atomic E-state index is -4.37. The average Bonchev–Trinajstić information content (AvgIpc) is 3.83. The number of carbonyl (C=O) groups is 1. The standard InChI is InChI=1S/C36H41F3N4O5S/c1-22-6-4-7-23(2)30(22)28-17-29-41-32(40-28)42-49(45,46)27-9-5-8-24(16-27)31(26(21-48-29)20-35(10-11-35)36(37,38)39)25-18-34(19-25)12-14-43(15-13-34)33(44)47-3/h4-9,16-17,25-26,31H,10-15,18-21H2,1-3H3,(H,40,41,42)/t26-,31?/m1/s1. The van der Waals surface area contributed by atoms with Gasteiger partial charge >= 0.3 is 12.3 Å². The van der Waals surface area contributed by atoms with Crippen molar-refractivity contribution in [3.8, 4) is 17.1 Å². The van der Waals surface area contributed by atoms with Gasteiger partial charge in [-0.15, -0.1) is 0 Å². The van der Waals surface area contributed by atoms with Crippen LogP contribution >= 0.6 is 0 Å². The summed E-state index contributed by atoms with van der Waals surface area (Å²) in [5.41, 5.74) is 1.94. The maximum absolute atomic E-state index is 14.6. The number of piperidine rings is 1. The van der Waals surface area contributed by atoms with E-state index >= 15 is 0 Å². The topological polar surface area (TPSA) is 111 Å². The van der Waals surface area contributed by atoms with Gasteiger partial charge in [-0.05, 0) is 105 Å². The molecule has 2 aromatic carbocycles. The highest BCUT2D eigenvalue weighted by Crippen LogP contribution is 2.65. The predicted octanol–water partition coefficient (Wildman–Crippen LogP) is 7.64. The van der Waals surface area contributed by atoms with Crippen LogP contribution in [0.5, 0.6) is 5.88 Å². The Morgan fingerprint density at radius 1 is 1.02 bits per heavy atom. The Bertz CT molecular complexity index is 1840. The zero-order valence-corrected chi connectivity index (χ0v) is 28.7. The molecule has 0 radical (unpaired) electrons. The molecule has 3 fully saturated rings. The second-order valence-corrected chi connectivity index (χ2v) is 16.2. The van der Waals surface area contributed by atoms with Gasteiger partial charge in [0, 0.05) is 30.6 Å². The average molecular weight is 699 g/mol. The van der Waals surface area contributed by atoms with Crippen molar-refractivity contribution < 1.29 is 35.9 Å². The van der Waals surface area contributed by atoms with Crippen LogP contribution < -0.4 is 9.46 Å². The zero-order chi connectivity index (χ0) is 34.8. The Kier molecular flexibility index (Phi) is 8.35. The number of aromatic nitrogens is 2. The minimum absolute atomic E-state index is 0.00213. The van der Waals surface area contributed by atoms with E-state index in [1.165, 1.54) is 13.2 Å². The molecule has 3 aromatic rings. The lowest BCUT2D eigenvalue weighted by Crippen LogP contribution is -2.50. The zero-order valence-electron chi connectivity index (χ0n) is 27.8. The van der Waals surface area contributed by atoms with E-state index in [0.717, 1.165) is 42.4 Å². The van der Waals surface area contributed by atoms with Crippen LogP contribution in [0.3, 0.4) is 0 Å². The van der Waals surface area contributed by atoms with Crippen molar-refractivity contribution in [2.45, 2.75) is 75.8 Å². The molecular weight excluding hydrogens is 657 g/mol. The van der Waals surface area contributed by atoms with E-state index < -0.39 is 33.5 Å². The molecule has 1 spiro atoms. The molecule has 1 unspecified atom stereocenters. The molecule has 1 saturated heterocycles. The normalized spacial score (nSPS) is 24.0. The first kappa shape index (κ1) is 33.6. The number of halogens is 3. The number of benzene rings is 2. The fourth-order valence-electron chi connectivity index (χ4n) is 8.63. The molecule has 1 aromatic heterocycles. The van der Waals surface area contributed by atoms with E-state index in [1.807, 2.05) is 38.1 Å². The van der Waals surface area contributed by atoms with Gasteiger partial charge in [0.2, 0.25) is 11.8 Å². The fourth-order valence-corrected chi connectivity index (χ4v) is 9.63. The van der Waals surface area contributed by atoms with Crippen LogP contribution in [0.15, 0.2) is 53.4 Å². The lowest BCUT2D eigenvalue weighted by Gasteiger charge is -2.55. The van der Waals surface area contributed by atoms with E-state index in [0.29, 0.717) is 24.3 Å². The number of anilines is 1. The minimum Gasteiger partial charge on any atom is -0.477 e. The van der Waals surface area contributed by atoms with Crippen LogP contribution in [-0.2, 0) is 14.8 Å². The van der Waals surface area contributed by atoms with Crippen molar-refractivity contribution in [2.75, 3.05) is 31.5 Å². The van der Waals surface area contributed by atoms with E-state index in [9.17, 15) is 26.4 Å². The van der Waals surface area contributed by atoms with Gasteiger partial charge < -0.3 is 14.4 Å². The van der Waals surface area contributed by atoms with Crippen LogP contribution in [0.1, 0.15) is 67.6 Å². The molecule has 7 rings (SSSR count). The van der Waals surface area contributed by atoms with Gasteiger partial charge in [0.1, 0.15) is 0 Å². The number of methoxy groups -OCH3 is 1. The van der Waals surface area contributed by atoms with Crippen molar-refractivity contribution in [2.24, 2.45) is 22.7 Å². The van der Waals surface area contributed by atoms with Gasteiger partial charge in [0.15, 0.2) is 0 Å². The lowest BCUT2D eigenvalue weighted by atomic mass is 9.52. The number of nitrogens with zero attached hydrogens (tertiary/aromatic N) is 3. The predicted molar refractivity (Wildman–Crippen MR) is 177 cm³/mol. The Hall–Kier alpha value is -3.87. The maximum Gasteiger partial charge on any atom is 0.409 e. The van der Waals surface area contributed by atoms with Gasteiger partial charge in [0.25, 0.3) is 10.0 Å². The monoisotopic (exact) mass is 698 g/mol. The molecule has 9 nitrogen and oxygen atoms in total. The number of amides is 1. The molecule has 1 N–H and O–H groups in total. The van der Waals surface area contributed by atoms with Crippen LogP contribution in [-0.4, -0.2) is 62.4 Å². The van der Waals surface area contributed by atoms with E-state index in [-0.39, 0.29) is 60.0 Å². The van der Waals surface area contributed by atoms with Crippen LogP contribution in [0.2, 0.25) is 0 Å². The second-order valence-electron chi connectivity index (χ2n) is 14.6. The molecule has 2 aliphatic carbocycles. The molecule has 13 heteroatoms. The maximum atomic E-state index is 14.6. The molecule has 3 heterocycles. The first-order valence-corrected chi connectivity index (χ1v) is 18.3. The fraction of sp³-hybridized carbons (Fsp3) is 0.528. The Balaban J connectivity index is 1.28. The van der Waals surface area contributed by atoms with E-state index in [2.05, 4.69) is 14.7 Å². The van der Waals surface area contributed by atoms with Crippen LogP contribution in [0.4, 0.5) is 23.9 Å². The summed E-state index contributed by atoms with van der Waals surface area (Å²) in [7, 11) is -2.81. The van der Waals surface area contributed by atoms with Gasteiger partial charge in [-0.2, -0.15) is 18.2 Å². The van der Waals surface area contributed by atoms with Gasteiger partial charge in [-0.3, -0.25) is 0 Å². The molecule has 4 bridgehead atoms. The quantitative estimate of drug-likeness (QED) is 0.298. The highest BCUT2D eigenvalue weighted by molar-refractivity contribution is 7.92. The number of aryl methyl sites for hydroxylation is 2. The number of rotatable bonds is 4. The van der Waals surface area contributed by atoms with Crippen LogP contribution in [0.25, 0.3) is 11.3 Å². The number of hydrogen-bond donors (Lipinski definition) is 1. The van der Waals surface area contributed by atoms with Crippen molar-refractivity contribution in [1.82, 2.24) is 14.9 Å². The number of hydrogen-bond acceptors (Lipinski definition) is 7. The number of alkyl halides is 3. The molecule has 2 atom stereocenters. The number of carbonyl (C=O) groups excluding carboxylic acids is 1. The Labute approximate surface area is 284 Å². The van der Waals surface area contributed by atoms with E-state index in [4.69, 9.17) is 9.47 Å². The molecule has 2 saturated carbocycles. The number of likely N-dealkylation sites (tertiary alicyclic amines) is 1. The Morgan fingerprint density at radius 3 is 2.33 bits per heavy atom. The summed E-state index contributed by atoms with van der Waals surface area (Å²) in [5, 5.41) is 0. The molecule has 4 aliphatic rings.